The van der Waals surface area contributed by atoms with Gasteiger partial charge in [0, 0.05) is 13.0 Å². The van der Waals surface area contributed by atoms with Gasteiger partial charge in [-0.15, -0.1) is 0 Å². The van der Waals surface area contributed by atoms with Gasteiger partial charge in [0.25, 0.3) is 15.9 Å². The molecule has 1 aromatic carbocycles. The molecule has 2 rings (SSSR count). The Kier molecular flexibility index (Phi) is 5.01. The van der Waals surface area contributed by atoms with E-state index < -0.39 is 30.4 Å². The Morgan fingerprint density at radius 3 is 2.21 bits per heavy atom. The summed E-state index contributed by atoms with van der Waals surface area (Å²) in [7, 11) is -5.94. The van der Waals surface area contributed by atoms with Gasteiger partial charge in [-0.3, -0.25) is 4.79 Å². The Bertz CT molecular complexity index is 720. The molecule has 1 saturated heterocycles. The lowest BCUT2D eigenvalue weighted by atomic mass is 10.2. The van der Waals surface area contributed by atoms with Crippen LogP contribution in [0.3, 0.4) is 0 Å². The van der Waals surface area contributed by atoms with E-state index in [9.17, 15) is 13.2 Å². The van der Waals surface area contributed by atoms with E-state index in [1.165, 1.54) is 0 Å². The van der Waals surface area contributed by atoms with Crippen molar-refractivity contribution in [3.63, 3.8) is 0 Å². The van der Waals surface area contributed by atoms with Crippen LogP contribution in [0.1, 0.15) is 32.8 Å². The summed E-state index contributed by atoms with van der Waals surface area (Å²) in [6.07, 6.45) is -0.248. The minimum atomic E-state index is -3.81. The number of hydrogen-bond acceptors (Lipinski definition) is 4. The summed E-state index contributed by atoms with van der Waals surface area (Å²) in [6.45, 7) is 12.5. The van der Waals surface area contributed by atoms with Gasteiger partial charge < -0.3 is 4.43 Å². The molecule has 5 nitrogen and oxygen atoms in total. The largest absolute Gasteiger partial charge is 0.405 e. The van der Waals surface area contributed by atoms with Gasteiger partial charge >= 0.3 is 0 Å². The molecule has 0 radical (unpaired) electrons. The monoisotopic (exact) mass is 369 g/mol. The molecule has 1 fully saturated rings. The second-order valence-corrected chi connectivity index (χ2v) is 14.5. The highest BCUT2D eigenvalue weighted by Crippen LogP contribution is 2.38. The molecular weight excluding hydrogens is 342 g/mol. The maximum atomic E-state index is 12.7. The number of aryl methyl sites for hydroxylation is 1. The van der Waals surface area contributed by atoms with E-state index in [1.54, 1.807) is 24.3 Å². The SMILES string of the molecule is Cc1ccc(S(=O)(=O)N2CC[C@@H](O[Si](C)(C)C(C)(C)C)C2=O)cc1. The highest BCUT2D eigenvalue weighted by Gasteiger charge is 2.46. The predicted molar refractivity (Wildman–Crippen MR) is 96.8 cm³/mol. The molecule has 0 spiro atoms. The molecule has 1 aromatic rings. The second-order valence-electron chi connectivity index (χ2n) is 7.88. The zero-order valence-corrected chi connectivity index (χ0v) is 17.1. The number of benzene rings is 1. The first kappa shape index (κ1) is 19.1. The van der Waals surface area contributed by atoms with E-state index in [0.29, 0.717) is 6.42 Å². The first-order valence-electron chi connectivity index (χ1n) is 8.17. The molecule has 1 heterocycles. The summed E-state index contributed by atoms with van der Waals surface area (Å²) >= 11 is 0. The fourth-order valence-corrected chi connectivity index (χ4v) is 5.06. The molecule has 1 amide bonds. The van der Waals surface area contributed by atoms with Gasteiger partial charge in [0.1, 0.15) is 6.10 Å². The average molecular weight is 370 g/mol. The van der Waals surface area contributed by atoms with Crippen molar-refractivity contribution < 1.29 is 17.6 Å². The van der Waals surface area contributed by atoms with E-state index in [2.05, 4.69) is 33.9 Å². The third-order valence-electron chi connectivity index (χ3n) is 4.97. The molecule has 1 aliphatic rings. The lowest BCUT2D eigenvalue weighted by Crippen LogP contribution is -2.46. The summed E-state index contributed by atoms with van der Waals surface area (Å²) in [5.41, 5.74) is 0.973. The van der Waals surface area contributed by atoms with E-state index in [1.807, 2.05) is 6.92 Å². The molecule has 0 saturated carbocycles. The number of hydrogen-bond donors (Lipinski definition) is 0. The van der Waals surface area contributed by atoms with Gasteiger partial charge in [0.2, 0.25) is 0 Å². The van der Waals surface area contributed by atoms with Crippen molar-refractivity contribution >= 4 is 24.2 Å². The Morgan fingerprint density at radius 2 is 1.71 bits per heavy atom. The van der Waals surface area contributed by atoms with Crippen LogP contribution in [0.5, 0.6) is 0 Å². The van der Waals surface area contributed by atoms with E-state index in [0.717, 1.165) is 9.87 Å². The first-order chi connectivity index (χ1) is 10.9. The number of amides is 1. The summed E-state index contributed by atoms with van der Waals surface area (Å²) in [6, 6.07) is 6.55. The fraction of sp³-hybridized carbons (Fsp3) is 0.588. The lowest BCUT2D eigenvalue weighted by Gasteiger charge is -2.37. The van der Waals surface area contributed by atoms with E-state index in [-0.39, 0.29) is 16.5 Å². The molecule has 0 aliphatic carbocycles. The van der Waals surface area contributed by atoms with Gasteiger partial charge in [0.15, 0.2) is 8.32 Å². The number of rotatable bonds is 4. The van der Waals surface area contributed by atoms with Crippen LogP contribution in [0.4, 0.5) is 0 Å². The number of carbonyl (C=O) groups excluding carboxylic acids is 1. The fourth-order valence-electron chi connectivity index (χ4n) is 2.35. The van der Waals surface area contributed by atoms with Crippen LogP contribution in [0.2, 0.25) is 18.1 Å². The molecule has 0 bridgehead atoms. The van der Waals surface area contributed by atoms with Crippen molar-refractivity contribution in [2.75, 3.05) is 6.54 Å². The van der Waals surface area contributed by atoms with Crippen LogP contribution >= 0.6 is 0 Å². The van der Waals surface area contributed by atoms with Crippen LogP contribution in [0.25, 0.3) is 0 Å². The highest BCUT2D eigenvalue weighted by atomic mass is 32.2. The summed E-state index contributed by atoms with van der Waals surface area (Å²) < 4.78 is 32.6. The quantitative estimate of drug-likeness (QED) is 0.764. The van der Waals surface area contributed by atoms with Gasteiger partial charge in [-0.1, -0.05) is 38.5 Å². The molecule has 1 atom stereocenters. The lowest BCUT2D eigenvalue weighted by molar-refractivity contribution is -0.129. The third kappa shape index (κ3) is 3.58. The van der Waals surface area contributed by atoms with Crippen LogP contribution in [0, 0.1) is 6.92 Å². The summed E-state index contributed by atoms with van der Waals surface area (Å²) in [5.74, 6) is -0.444. The van der Waals surface area contributed by atoms with Crippen LogP contribution in [-0.4, -0.2) is 39.6 Å². The van der Waals surface area contributed by atoms with E-state index in [4.69, 9.17) is 4.43 Å². The number of nitrogens with zero attached hydrogens (tertiary/aromatic N) is 1. The third-order valence-corrected chi connectivity index (χ3v) is 11.3. The normalized spacial score (nSPS) is 19.8. The van der Waals surface area contributed by atoms with Gasteiger partial charge in [-0.2, -0.15) is 0 Å². The zero-order valence-electron chi connectivity index (χ0n) is 15.3. The Labute approximate surface area is 146 Å². The van der Waals surface area contributed by atoms with Crippen molar-refractivity contribution in [2.24, 2.45) is 0 Å². The zero-order chi connectivity index (χ0) is 18.3. The maximum Gasteiger partial charge on any atom is 0.266 e. The molecular formula is C17H27NO4SSi. The molecule has 0 aromatic heterocycles. The predicted octanol–water partition coefficient (Wildman–Crippen LogP) is 3.31. The second kappa shape index (κ2) is 6.27. The van der Waals surface area contributed by atoms with Crippen molar-refractivity contribution in [1.82, 2.24) is 4.31 Å². The van der Waals surface area contributed by atoms with E-state index >= 15 is 0 Å². The molecule has 134 valence electrons. The smallest absolute Gasteiger partial charge is 0.266 e. The summed E-state index contributed by atoms with van der Waals surface area (Å²) in [5, 5.41) is -0.0312. The molecule has 24 heavy (non-hydrogen) atoms. The van der Waals surface area contributed by atoms with Gasteiger partial charge in [-0.05, 0) is 37.2 Å². The van der Waals surface area contributed by atoms with Gasteiger partial charge in [-0.25, -0.2) is 12.7 Å². The van der Waals surface area contributed by atoms with Crippen molar-refractivity contribution in [3.05, 3.63) is 29.8 Å². The van der Waals surface area contributed by atoms with Crippen LogP contribution < -0.4 is 0 Å². The minimum absolute atomic E-state index is 0.0312. The number of sulfonamides is 1. The molecule has 7 heteroatoms. The summed E-state index contributed by atoms with van der Waals surface area (Å²) in [4.78, 5) is 12.8. The molecule has 0 unspecified atom stereocenters. The molecule has 1 aliphatic heterocycles. The standard InChI is InChI=1S/C17H27NO4SSi/c1-13-7-9-14(10-8-13)23(20,21)18-12-11-15(16(18)19)22-24(5,6)17(2,3)4/h7-10,15H,11-12H2,1-6H3/t15-/m1/s1. The Balaban J connectivity index is 2.21. The van der Waals surface area contributed by atoms with Crippen LogP contribution in [0.15, 0.2) is 29.2 Å². The first-order valence-corrected chi connectivity index (χ1v) is 12.5. The number of carbonyl (C=O) groups is 1. The topological polar surface area (TPSA) is 63.7 Å². The van der Waals surface area contributed by atoms with Crippen LogP contribution in [-0.2, 0) is 19.2 Å². The average Bonchev–Trinajstić information content (AvgIpc) is 2.79. The minimum Gasteiger partial charge on any atom is -0.405 e. The molecule has 0 N–H and O–H groups in total. The maximum absolute atomic E-state index is 12.7. The van der Waals surface area contributed by atoms with Crippen molar-refractivity contribution in [3.8, 4) is 0 Å². The Hall–Kier alpha value is -1.18. The highest BCUT2D eigenvalue weighted by molar-refractivity contribution is 7.89. The van der Waals surface area contributed by atoms with Gasteiger partial charge in [0.05, 0.1) is 4.90 Å². The Morgan fingerprint density at radius 1 is 1.17 bits per heavy atom. The van der Waals surface area contributed by atoms with Crippen molar-refractivity contribution in [1.29, 1.82) is 0 Å². The van der Waals surface area contributed by atoms with Crippen molar-refractivity contribution in [2.45, 2.75) is 63.2 Å².